The number of furan rings is 1. The molecule has 0 saturated carbocycles. The molecule has 0 radical (unpaired) electrons. The minimum atomic E-state index is 0.455. The van der Waals surface area contributed by atoms with Crippen molar-refractivity contribution in [2.75, 3.05) is 5.73 Å². The van der Waals surface area contributed by atoms with Crippen molar-refractivity contribution in [3.8, 4) is 0 Å². The summed E-state index contributed by atoms with van der Waals surface area (Å²) < 4.78 is 5.36. The molecule has 3 rings (SSSR count). The summed E-state index contributed by atoms with van der Waals surface area (Å²) in [7, 11) is 0. The maximum atomic E-state index is 5.66. The van der Waals surface area contributed by atoms with E-state index in [4.69, 9.17) is 10.2 Å². The number of benzene rings is 1. The van der Waals surface area contributed by atoms with E-state index in [1.165, 1.54) is 11.3 Å². The maximum absolute atomic E-state index is 5.66. The first-order valence-electron chi connectivity index (χ1n) is 5.73. The Morgan fingerprint density at radius 3 is 2.58 bits per heavy atom. The maximum Gasteiger partial charge on any atom is 0.203 e. The SMILES string of the molecule is Nc1nnc(/C(=C/c2ccco2)c2ccccc2)s1. The Morgan fingerprint density at radius 1 is 1.11 bits per heavy atom. The molecule has 0 aliphatic rings. The Labute approximate surface area is 114 Å². The third-order valence-electron chi connectivity index (χ3n) is 2.59. The van der Waals surface area contributed by atoms with Crippen LogP contribution in [-0.4, -0.2) is 10.2 Å². The fraction of sp³-hybridized carbons (Fsp3) is 0. The molecule has 2 N–H and O–H groups in total. The van der Waals surface area contributed by atoms with E-state index in [1.54, 1.807) is 6.26 Å². The van der Waals surface area contributed by atoms with E-state index >= 15 is 0 Å². The van der Waals surface area contributed by atoms with Crippen LogP contribution < -0.4 is 5.73 Å². The van der Waals surface area contributed by atoms with Crippen LogP contribution in [0.4, 0.5) is 5.13 Å². The number of nitrogens with zero attached hydrogens (tertiary/aromatic N) is 2. The lowest BCUT2D eigenvalue weighted by Gasteiger charge is -2.02. The van der Waals surface area contributed by atoms with E-state index in [9.17, 15) is 0 Å². The van der Waals surface area contributed by atoms with E-state index in [1.807, 2.05) is 48.5 Å². The number of hydrogen-bond donors (Lipinski definition) is 1. The first-order chi connectivity index (χ1) is 9.33. The molecule has 0 unspecified atom stereocenters. The molecular formula is C14H11N3OS. The van der Waals surface area contributed by atoms with Gasteiger partial charge in [0.25, 0.3) is 0 Å². The van der Waals surface area contributed by atoms with E-state index in [2.05, 4.69) is 10.2 Å². The number of rotatable bonds is 3. The van der Waals surface area contributed by atoms with Crippen LogP contribution in [0.25, 0.3) is 11.6 Å². The van der Waals surface area contributed by atoms with Crippen LogP contribution >= 0.6 is 11.3 Å². The molecule has 94 valence electrons. The predicted molar refractivity (Wildman–Crippen MR) is 76.4 cm³/mol. The summed E-state index contributed by atoms with van der Waals surface area (Å²) in [6.07, 6.45) is 3.58. The Kier molecular flexibility index (Phi) is 3.12. The molecule has 0 amide bonds. The quantitative estimate of drug-likeness (QED) is 0.792. The molecule has 1 aromatic carbocycles. The molecule has 0 fully saturated rings. The van der Waals surface area contributed by atoms with E-state index in [0.717, 1.165) is 21.9 Å². The van der Waals surface area contributed by atoms with Gasteiger partial charge in [-0.25, -0.2) is 0 Å². The van der Waals surface area contributed by atoms with Crippen molar-refractivity contribution in [3.63, 3.8) is 0 Å². The van der Waals surface area contributed by atoms with Crippen molar-refractivity contribution in [1.82, 2.24) is 10.2 Å². The minimum Gasteiger partial charge on any atom is -0.465 e. The molecule has 3 aromatic rings. The van der Waals surface area contributed by atoms with Crippen molar-refractivity contribution in [3.05, 3.63) is 65.1 Å². The highest BCUT2D eigenvalue weighted by molar-refractivity contribution is 7.16. The molecule has 0 atom stereocenters. The van der Waals surface area contributed by atoms with Gasteiger partial charge in [-0.3, -0.25) is 0 Å². The van der Waals surface area contributed by atoms with Crippen molar-refractivity contribution in [1.29, 1.82) is 0 Å². The van der Waals surface area contributed by atoms with Crippen molar-refractivity contribution < 1.29 is 4.42 Å². The van der Waals surface area contributed by atoms with Crippen LogP contribution in [-0.2, 0) is 0 Å². The van der Waals surface area contributed by atoms with Crippen LogP contribution in [0.1, 0.15) is 16.3 Å². The van der Waals surface area contributed by atoms with Crippen LogP contribution in [0, 0.1) is 0 Å². The third kappa shape index (κ3) is 2.56. The van der Waals surface area contributed by atoms with Crippen molar-refractivity contribution in [2.24, 2.45) is 0 Å². The molecule has 0 spiro atoms. The van der Waals surface area contributed by atoms with E-state index in [-0.39, 0.29) is 0 Å². The van der Waals surface area contributed by atoms with E-state index < -0.39 is 0 Å². The Morgan fingerprint density at radius 2 is 1.95 bits per heavy atom. The van der Waals surface area contributed by atoms with Gasteiger partial charge in [-0.2, -0.15) is 0 Å². The van der Waals surface area contributed by atoms with Crippen LogP contribution in [0.2, 0.25) is 0 Å². The second kappa shape index (κ2) is 5.07. The number of hydrogen-bond acceptors (Lipinski definition) is 5. The largest absolute Gasteiger partial charge is 0.465 e. The average molecular weight is 269 g/mol. The molecule has 19 heavy (non-hydrogen) atoms. The lowest BCUT2D eigenvalue weighted by Crippen LogP contribution is -1.87. The van der Waals surface area contributed by atoms with Crippen molar-refractivity contribution >= 4 is 28.1 Å². The lowest BCUT2D eigenvalue weighted by molar-refractivity contribution is 0.557. The monoisotopic (exact) mass is 269 g/mol. The van der Waals surface area contributed by atoms with Gasteiger partial charge in [0.2, 0.25) is 5.13 Å². The van der Waals surface area contributed by atoms with Gasteiger partial charge in [-0.05, 0) is 23.8 Å². The average Bonchev–Trinajstić information content (AvgIpc) is 3.08. The normalized spacial score (nSPS) is 11.7. The molecule has 0 aliphatic carbocycles. The Hall–Kier alpha value is -2.40. The van der Waals surface area contributed by atoms with Crippen LogP contribution in [0.3, 0.4) is 0 Å². The number of aromatic nitrogens is 2. The summed E-state index contributed by atoms with van der Waals surface area (Å²) in [6, 6.07) is 13.7. The topological polar surface area (TPSA) is 64.9 Å². The van der Waals surface area contributed by atoms with Gasteiger partial charge in [-0.15, -0.1) is 10.2 Å². The summed E-state index contributed by atoms with van der Waals surface area (Å²) in [5.74, 6) is 0.771. The van der Waals surface area contributed by atoms with Gasteiger partial charge in [0.1, 0.15) is 10.8 Å². The lowest BCUT2D eigenvalue weighted by atomic mass is 10.1. The molecule has 2 heterocycles. The summed E-state index contributed by atoms with van der Waals surface area (Å²) in [6.45, 7) is 0. The highest BCUT2D eigenvalue weighted by Crippen LogP contribution is 2.29. The molecule has 0 saturated heterocycles. The van der Waals surface area contributed by atoms with Gasteiger partial charge in [0.15, 0.2) is 0 Å². The summed E-state index contributed by atoms with van der Waals surface area (Å²) in [5.41, 5.74) is 7.66. The van der Waals surface area contributed by atoms with Gasteiger partial charge in [0, 0.05) is 5.57 Å². The smallest absolute Gasteiger partial charge is 0.203 e. The number of anilines is 1. The third-order valence-corrected chi connectivity index (χ3v) is 3.37. The number of nitrogen functional groups attached to an aromatic ring is 1. The highest BCUT2D eigenvalue weighted by Gasteiger charge is 2.11. The second-order valence-corrected chi connectivity index (χ2v) is 4.89. The molecule has 2 aromatic heterocycles. The predicted octanol–water partition coefficient (Wildman–Crippen LogP) is 3.30. The highest BCUT2D eigenvalue weighted by atomic mass is 32.1. The zero-order chi connectivity index (χ0) is 13.1. The first-order valence-corrected chi connectivity index (χ1v) is 6.54. The summed E-state index contributed by atoms with van der Waals surface area (Å²) in [4.78, 5) is 0. The van der Waals surface area contributed by atoms with Crippen LogP contribution in [0.5, 0.6) is 0 Å². The molecule has 0 aliphatic heterocycles. The minimum absolute atomic E-state index is 0.455. The fourth-order valence-electron chi connectivity index (χ4n) is 1.75. The van der Waals surface area contributed by atoms with Crippen LogP contribution in [0.15, 0.2) is 53.1 Å². The van der Waals surface area contributed by atoms with Gasteiger partial charge in [-0.1, -0.05) is 41.7 Å². The summed E-state index contributed by atoms with van der Waals surface area (Å²) in [5, 5.41) is 9.21. The van der Waals surface area contributed by atoms with Crippen molar-refractivity contribution in [2.45, 2.75) is 0 Å². The van der Waals surface area contributed by atoms with E-state index in [0.29, 0.717) is 5.13 Å². The molecular weight excluding hydrogens is 258 g/mol. The molecule has 5 heteroatoms. The number of nitrogens with two attached hydrogens (primary N) is 1. The zero-order valence-corrected chi connectivity index (χ0v) is 10.8. The molecule has 0 bridgehead atoms. The van der Waals surface area contributed by atoms with Gasteiger partial charge < -0.3 is 10.2 Å². The second-order valence-electron chi connectivity index (χ2n) is 3.88. The fourth-order valence-corrected chi connectivity index (χ4v) is 2.39. The summed E-state index contributed by atoms with van der Waals surface area (Å²) >= 11 is 1.36. The van der Waals surface area contributed by atoms with Gasteiger partial charge in [0.05, 0.1) is 6.26 Å². The molecule has 4 nitrogen and oxygen atoms in total. The van der Waals surface area contributed by atoms with Gasteiger partial charge >= 0.3 is 0 Å². The standard InChI is InChI=1S/C14H11N3OS/c15-14-17-16-13(19-14)12(9-11-7-4-8-18-11)10-5-2-1-3-6-10/h1-9H,(H2,15,17)/b12-9+. The zero-order valence-electron chi connectivity index (χ0n) is 9.98. The first kappa shape index (κ1) is 11.7. The Bertz CT molecular complexity index is 687. The Balaban J connectivity index is 2.11.